The summed E-state index contributed by atoms with van der Waals surface area (Å²) in [5.41, 5.74) is 2.48. The Balaban J connectivity index is 2.12. The van der Waals surface area contributed by atoms with E-state index in [4.69, 9.17) is 9.47 Å². The highest BCUT2D eigenvalue weighted by Crippen LogP contribution is 2.33. The van der Waals surface area contributed by atoms with Crippen LogP contribution in [-0.2, 0) is 6.42 Å². The summed E-state index contributed by atoms with van der Waals surface area (Å²) in [6, 6.07) is 4.10. The first-order valence-corrected chi connectivity index (χ1v) is 4.86. The van der Waals surface area contributed by atoms with Gasteiger partial charge < -0.3 is 9.47 Å². The van der Waals surface area contributed by atoms with E-state index >= 15 is 0 Å². The molecule has 0 radical (unpaired) electrons. The molecule has 0 bridgehead atoms. The van der Waals surface area contributed by atoms with Crippen molar-refractivity contribution in [3.05, 3.63) is 23.3 Å². The Bertz CT molecular complexity index is 399. The first kappa shape index (κ1) is 7.85. The summed E-state index contributed by atoms with van der Waals surface area (Å²) < 4.78 is 11.0. The molecule has 3 rings (SSSR count). The quantitative estimate of drug-likeness (QED) is 0.618. The number of aliphatic imine (C=N–C) groups is 1. The lowest BCUT2D eigenvalue weighted by Gasteiger charge is -2.21. The van der Waals surface area contributed by atoms with E-state index in [1.807, 2.05) is 12.3 Å². The Morgan fingerprint density at radius 2 is 1.86 bits per heavy atom. The number of hydrogen-bond acceptors (Lipinski definition) is 3. The van der Waals surface area contributed by atoms with Gasteiger partial charge in [-0.15, -0.1) is 0 Å². The highest BCUT2D eigenvalue weighted by Gasteiger charge is 2.15. The van der Waals surface area contributed by atoms with Crippen molar-refractivity contribution in [2.75, 3.05) is 19.8 Å². The van der Waals surface area contributed by atoms with Gasteiger partial charge in [0.15, 0.2) is 11.5 Å². The fourth-order valence-electron chi connectivity index (χ4n) is 1.83. The van der Waals surface area contributed by atoms with E-state index in [0.29, 0.717) is 13.2 Å². The highest BCUT2D eigenvalue weighted by atomic mass is 16.6. The molecule has 0 spiro atoms. The van der Waals surface area contributed by atoms with Gasteiger partial charge in [-0.25, -0.2) is 0 Å². The van der Waals surface area contributed by atoms with Crippen LogP contribution in [0.25, 0.3) is 0 Å². The molecule has 14 heavy (non-hydrogen) atoms. The predicted molar refractivity (Wildman–Crippen MR) is 53.6 cm³/mol. The molecule has 0 amide bonds. The molecule has 0 saturated carbocycles. The van der Waals surface area contributed by atoms with Crippen LogP contribution in [-0.4, -0.2) is 26.0 Å². The van der Waals surface area contributed by atoms with Crippen LogP contribution >= 0.6 is 0 Å². The normalized spacial score (nSPS) is 17.7. The van der Waals surface area contributed by atoms with Gasteiger partial charge in [-0.3, -0.25) is 4.99 Å². The van der Waals surface area contributed by atoms with Crippen LogP contribution < -0.4 is 9.47 Å². The second-order valence-corrected chi connectivity index (χ2v) is 3.48. The Hall–Kier alpha value is -1.51. The van der Waals surface area contributed by atoms with Gasteiger partial charge >= 0.3 is 0 Å². The van der Waals surface area contributed by atoms with Gasteiger partial charge in [0.1, 0.15) is 13.2 Å². The molecule has 0 saturated heterocycles. The lowest BCUT2D eigenvalue weighted by molar-refractivity contribution is 0.171. The lowest BCUT2D eigenvalue weighted by atomic mass is 10.0. The van der Waals surface area contributed by atoms with Gasteiger partial charge in [-0.05, 0) is 29.7 Å². The molecule has 2 heterocycles. The second kappa shape index (κ2) is 3.01. The van der Waals surface area contributed by atoms with E-state index in [1.54, 1.807) is 0 Å². The van der Waals surface area contributed by atoms with Gasteiger partial charge in [0, 0.05) is 12.8 Å². The molecule has 3 nitrogen and oxygen atoms in total. The van der Waals surface area contributed by atoms with Crippen molar-refractivity contribution in [2.24, 2.45) is 4.99 Å². The fraction of sp³-hybridized carbons (Fsp3) is 0.364. The van der Waals surface area contributed by atoms with Crippen molar-refractivity contribution in [1.82, 2.24) is 0 Å². The van der Waals surface area contributed by atoms with E-state index in [0.717, 1.165) is 24.5 Å². The fourth-order valence-corrected chi connectivity index (χ4v) is 1.83. The molecule has 0 N–H and O–H groups in total. The SMILES string of the molecule is C1=NCCc2cc3c(cc21)OCCO3. The number of hydrogen-bond donors (Lipinski definition) is 0. The predicted octanol–water partition coefficient (Wildman–Crippen LogP) is 1.43. The molecular weight excluding hydrogens is 178 g/mol. The molecule has 72 valence electrons. The number of nitrogens with zero attached hydrogens (tertiary/aromatic N) is 1. The molecule has 0 aromatic heterocycles. The zero-order chi connectivity index (χ0) is 9.38. The largest absolute Gasteiger partial charge is 0.486 e. The summed E-state index contributed by atoms with van der Waals surface area (Å²) in [5, 5.41) is 0. The summed E-state index contributed by atoms with van der Waals surface area (Å²) in [6.45, 7) is 2.18. The first-order valence-electron chi connectivity index (χ1n) is 4.86. The third-order valence-corrected chi connectivity index (χ3v) is 2.54. The van der Waals surface area contributed by atoms with E-state index in [1.165, 1.54) is 11.1 Å². The molecule has 2 aliphatic rings. The van der Waals surface area contributed by atoms with Gasteiger partial charge in [-0.1, -0.05) is 0 Å². The molecule has 0 fully saturated rings. The van der Waals surface area contributed by atoms with Crippen LogP contribution in [0.4, 0.5) is 0 Å². The first-order chi connectivity index (χ1) is 6.93. The zero-order valence-corrected chi connectivity index (χ0v) is 7.82. The summed E-state index contributed by atoms with van der Waals surface area (Å²) in [7, 11) is 0. The van der Waals surface area contributed by atoms with Gasteiger partial charge in [0.25, 0.3) is 0 Å². The Morgan fingerprint density at radius 1 is 1.07 bits per heavy atom. The molecule has 0 aliphatic carbocycles. The molecule has 0 atom stereocenters. The third-order valence-electron chi connectivity index (χ3n) is 2.54. The number of fused-ring (bicyclic) bond motifs is 2. The van der Waals surface area contributed by atoms with E-state index < -0.39 is 0 Å². The minimum absolute atomic E-state index is 0.642. The van der Waals surface area contributed by atoms with E-state index in [2.05, 4.69) is 11.1 Å². The minimum Gasteiger partial charge on any atom is -0.486 e. The molecular formula is C11H11NO2. The summed E-state index contributed by atoms with van der Waals surface area (Å²) in [6.07, 6.45) is 2.92. The molecule has 2 aliphatic heterocycles. The van der Waals surface area contributed by atoms with Crippen molar-refractivity contribution in [1.29, 1.82) is 0 Å². The molecule has 1 aromatic rings. The monoisotopic (exact) mass is 189 g/mol. The van der Waals surface area contributed by atoms with Crippen LogP contribution in [0.1, 0.15) is 11.1 Å². The standard InChI is InChI=1S/C11H11NO2/c1-2-12-7-9-6-11-10(5-8(1)9)13-3-4-14-11/h5-7H,1-4H2. The smallest absolute Gasteiger partial charge is 0.162 e. The van der Waals surface area contributed by atoms with Crippen molar-refractivity contribution in [3.63, 3.8) is 0 Å². The van der Waals surface area contributed by atoms with Crippen LogP contribution in [0.3, 0.4) is 0 Å². The average Bonchev–Trinajstić information content (AvgIpc) is 2.26. The maximum absolute atomic E-state index is 5.52. The van der Waals surface area contributed by atoms with Gasteiger partial charge in [-0.2, -0.15) is 0 Å². The lowest BCUT2D eigenvalue weighted by Crippen LogP contribution is -2.16. The van der Waals surface area contributed by atoms with Crippen LogP contribution in [0.2, 0.25) is 0 Å². The highest BCUT2D eigenvalue weighted by molar-refractivity contribution is 5.84. The number of ether oxygens (including phenoxy) is 2. The van der Waals surface area contributed by atoms with Crippen molar-refractivity contribution in [2.45, 2.75) is 6.42 Å². The average molecular weight is 189 g/mol. The topological polar surface area (TPSA) is 30.8 Å². The van der Waals surface area contributed by atoms with Crippen molar-refractivity contribution in [3.8, 4) is 11.5 Å². The van der Waals surface area contributed by atoms with Gasteiger partial charge in [0.2, 0.25) is 0 Å². The van der Waals surface area contributed by atoms with Crippen LogP contribution in [0.5, 0.6) is 11.5 Å². The van der Waals surface area contributed by atoms with E-state index in [9.17, 15) is 0 Å². The Kier molecular flexibility index (Phi) is 1.69. The minimum atomic E-state index is 0.642. The Morgan fingerprint density at radius 3 is 2.71 bits per heavy atom. The molecule has 1 aromatic carbocycles. The molecule has 3 heteroatoms. The van der Waals surface area contributed by atoms with Crippen molar-refractivity contribution >= 4 is 6.21 Å². The van der Waals surface area contributed by atoms with Crippen LogP contribution in [0.15, 0.2) is 17.1 Å². The van der Waals surface area contributed by atoms with Gasteiger partial charge in [0.05, 0.1) is 0 Å². The zero-order valence-electron chi connectivity index (χ0n) is 7.82. The third kappa shape index (κ3) is 1.16. The van der Waals surface area contributed by atoms with E-state index in [-0.39, 0.29) is 0 Å². The van der Waals surface area contributed by atoms with Crippen LogP contribution in [0, 0.1) is 0 Å². The summed E-state index contributed by atoms with van der Waals surface area (Å²) in [4.78, 5) is 4.25. The maximum Gasteiger partial charge on any atom is 0.162 e. The Labute approximate surface area is 82.4 Å². The number of rotatable bonds is 0. The second-order valence-electron chi connectivity index (χ2n) is 3.48. The van der Waals surface area contributed by atoms with Crippen molar-refractivity contribution < 1.29 is 9.47 Å². The summed E-state index contributed by atoms with van der Waals surface area (Å²) in [5.74, 6) is 1.73. The molecule has 0 unspecified atom stereocenters. The summed E-state index contributed by atoms with van der Waals surface area (Å²) >= 11 is 0. The number of benzene rings is 1. The maximum atomic E-state index is 5.52.